The van der Waals surface area contributed by atoms with E-state index in [1.54, 1.807) is 0 Å². The molecule has 3 aromatic heterocycles. The van der Waals surface area contributed by atoms with E-state index in [0.717, 1.165) is 122 Å². The highest BCUT2D eigenvalue weighted by atomic mass is 16.3. The molecule has 0 fully saturated rings. The molecule has 0 unspecified atom stereocenters. The maximum absolute atomic E-state index is 6.53. The maximum Gasteiger partial charge on any atom is 0.143 e. The summed E-state index contributed by atoms with van der Waals surface area (Å²) in [6, 6.07) is 75.2. The quantitative estimate of drug-likeness (QED) is 0.168. The van der Waals surface area contributed by atoms with Crippen molar-refractivity contribution >= 4 is 93.7 Å². The Labute approximate surface area is 356 Å². The van der Waals surface area contributed by atoms with Crippen molar-refractivity contribution in [1.82, 2.24) is 0 Å². The van der Waals surface area contributed by atoms with E-state index in [0.29, 0.717) is 0 Å². The normalized spacial score (nSPS) is 11.9. The molecule has 4 heteroatoms. The predicted octanol–water partition coefficient (Wildman–Crippen LogP) is 17.0. The van der Waals surface area contributed by atoms with Crippen LogP contribution in [0.25, 0.3) is 110 Å². The number of nitrogens with zero attached hydrogens (tertiary/aromatic N) is 1. The van der Waals surface area contributed by atoms with E-state index >= 15 is 0 Å². The van der Waals surface area contributed by atoms with Gasteiger partial charge in [0.25, 0.3) is 0 Å². The molecule has 62 heavy (non-hydrogen) atoms. The van der Waals surface area contributed by atoms with Crippen LogP contribution in [0.1, 0.15) is 0 Å². The number of fused-ring (bicyclic) bond motifs is 11. The highest BCUT2D eigenvalue weighted by Crippen LogP contribution is 2.44. The molecule has 0 aliphatic rings. The van der Waals surface area contributed by atoms with Crippen molar-refractivity contribution in [2.45, 2.75) is 0 Å². The molecular weight excluding hydrogens is 759 g/mol. The van der Waals surface area contributed by atoms with Crippen molar-refractivity contribution in [2.75, 3.05) is 4.90 Å². The molecule has 13 aromatic rings. The number of hydrogen-bond acceptors (Lipinski definition) is 4. The zero-order valence-electron chi connectivity index (χ0n) is 33.4. The molecule has 0 amide bonds. The third-order valence-electron chi connectivity index (χ3n) is 12.5. The Hall–Kier alpha value is -8.34. The zero-order valence-corrected chi connectivity index (χ0v) is 33.4. The maximum atomic E-state index is 6.53. The molecular formula is C58H35NO3. The van der Waals surface area contributed by atoms with Gasteiger partial charge in [-0.2, -0.15) is 0 Å². The van der Waals surface area contributed by atoms with Gasteiger partial charge in [-0.1, -0.05) is 127 Å². The van der Waals surface area contributed by atoms with Gasteiger partial charge in [-0.25, -0.2) is 0 Å². The molecule has 10 aromatic carbocycles. The molecule has 290 valence electrons. The molecule has 4 nitrogen and oxygen atoms in total. The summed E-state index contributed by atoms with van der Waals surface area (Å²) in [5, 5.41) is 9.01. The second kappa shape index (κ2) is 13.6. The lowest BCUT2D eigenvalue weighted by atomic mass is 9.98. The molecule has 13 rings (SSSR count). The van der Waals surface area contributed by atoms with Crippen molar-refractivity contribution in [2.24, 2.45) is 0 Å². The third kappa shape index (κ3) is 5.47. The minimum atomic E-state index is 0.878. The van der Waals surface area contributed by atoms with Crippen LogP contribution in [0.15, 0.2) is 226 Å². The lowest BCUT2D eigenvalue weighted by molar-refractivity contribution is 0.668. The van der Waals surface area contributed by atoms with Crippen LogP contribution in [0, 0.1) is 0 Å². The van der Waals surface area contributed by atoms with E-state index in [1.165, 1.54) is 5.39 Å². The van der Waals surface area contributed by atoms with Crippen LogP contribution in [0.3, 0.4) is 0 Å². The Morgan fingerprint density at radius 1 is 0.274 bits per heavy atom. The monoisotopic (exact) mass is 793 g/mol. The molecule has 0 N–H and O–H groups in total. The van der Waals surface area contributed by atoms with Crippen LogP contribution in [0.5, 0.6) is 0 Å². The Balaban J connectivity index is 0.934. The van der Waals surface area contributed by atoms with Gasteiger partial charge < -0.3 is 18.2 Å². The summed E-state index contributed by atoms with van der Waals surface area (Å²) in [6.07, 6.45) is 0. The van der Waals surface area contributed by atoms with Gasteiger partial charge in [-0.05, 0) is 118 Å². The minimum Gasteiger partial charge on any atom is -0.456 e. The van der Waals surface area contributed by atoms with Gasteiger partial charge in [0.2, 0.25) is 0 Å². The van der Waals surface area contributed by atoms with Crippen LogP contribution in [0.4, 0.5) is 17.1 Å². The van der Waals surface area contributed by atoms with Gasteiger partial charge in [-0.15, -0.1) is 0 Å². The minimum absolute atomic E-state index is 0.878. The van der Waals surface area contributed by atoms with E-state index in [2.05, 4.69) is 193 Å². The third-order valence-corrected chi connectivity index (χ3v) is 12.5. The molecule has 0 aliphatic carbocycles. The van der Waals surface area contributed by atoms with E-state index in [4.69, 9.17) is 13.3 Å². The lowest BCUT2D eigenvalue weighted by Gasteiger charge is -2.28. The number of benzene rings is 10. The Bertz CT molecular complexity index is 3870. The van der Waals surface area contributed by atoms with E-state index in [-0.39, 0.29) is 0 Å². The van der Waals surface area contributed by atoms with Gasteiger partial charge in [-0.3, -0.25) is 0 Å². The highest BCUT2D eigenvalue weighted by molar-refractivity contribution is 6.16. The van der Waals surface area contributed by atoms with Gasteiger partial charge >= 0.3 is 0 Å². The zero-order chi connectivity index (χ0) is 40.7. The first kappa shape index (κ1) is 34.5. The fourth-order valence-electron chi connectivity index (χ4n) is 9.43. The molecule has 0 bridgehead atoms. The first-order valence-corrected chi connectivity index (χ1v) is 21.0. The van der Waals surface area contributed by atoms with Gasteiger partial charge in [0.05, 0.1) is 5.69 Å². The summed E-state index contributed by atoms with van der Waals surface area (Å²) >= 11 is 0. The second-order valence-electron chi connectivity index (χ2n) is 16.0. The van der Waals surface area contributed by atoms with E-state index in [9.17, 15) is 0 Å². The van der Waals surface area contributed by atoms with Crippen LogP contribution in [-0.2, 0) is 0 Å². The number of anilines is 3. The van der Waals surface area contributed by atoms with Gasteiger partial charge in [0, 0.05) is 54.6 Å². The molecule has 3 heterocycles. The average molecular weight is 794 g/mol. The van der Waals surface area contributed by atoms with Crippen molar-refractivity contribution in [1.29, 1.82) is 0 Å². The molecule has 0 spiro atoms. The van der Waals surface area contributed by atoms with Crippen LogP contribution >= 0.6 is 0 Å². The van der Waals surface area contributed by atoms with Crippen LogP contribution in [-0.4, -0.2) is 0 Å². The number of rotatable bonds is 6. The van der Waals surface area contributed by atoms with E-state index < -0.39 is 0 Å². The Kier molecular flexibility index (Phi) is 7.57. The molecule has 0 saturated heterocycles. The lowest BCUT2D eigenvalue weighted by Crippen LogP contribution is -2.11. The SMILES string of the molecule is c1ccc(N(c2ccc(-c3ccc4c(c3)oc3ccccc34)cc2)c2ccc(-c3ccc4oc5ccccc5c4c3)cc2)c(-c2ccc3oc4c5ccccc5ccc4c3c2)c1. The molecule has 0 radical (unpaired) electrons. The van der Waals surface area contributed by atoms with Crippen LogP contribution in [0.2, 0.25) is 0 Å². The summed E-state index contributed by atoms with van der Waals surface area (Å²) in [4.78, 5) is 2.36. The summed E-state index contributed by atoms with van der Waals surface area (Å²) in [5.41, 5.74) is 15.3. The average Bonchev–Trinajstić information content (AvgIpc) is 4.03. The number of para-hydroxylation sites is 3. The predicted molar refractivity (Wildman–Crippen MR) is 257 cm³/mol. The van der Waals surface area contributed by atoms with Crippen LogP contribution < -0.4 is 4.90 Å². The largest absolute Gasteiger partial charge is 0.456 e. The van der Waals surface area contributed by atoms with Crippen molar-refractivity contribution in [3.05, 3.63) is 212 Å². The topological polar surface area (TPSA) is 42.7 Å². The fraction of sp³-hybridized carbons (Fsp3) is 0. The summed E-state index contributed by atoms with van der Waals surface area (Å²) in [6.45, 7) is 0. The number of hydrogen-bond donors (Lipinski definition) is 0. The summed E-state index contributed by atoms with van der Waals surface area (Å²) in [7, 11) is 0. The van der Waals surface area contributed by atoms with Crippen molar-refractivity contribution in [3.63, 3.8) is 0 Å². The molecule has 0 saturated carbocycles. The summed E-state index contributed by atoms with van der Waals surface area (Å²) in [5.74, 6) is 0. The standard InChI is InChI=1S/C58H35NO3/c1-2-11-45-38(9-1)21-30-49-51-34-41(24-32-56(51)62-58(45)49)44-10-3-6-14-52(44)59(42-25-17-36(18-26-42)39-23-31-55-50(33-39)47-13-5-8-16-54(47)60-55)43-27-19-37(20-28-43)40-22-29-48-46-12-4-7-15-53(46)61-57(48)35-40/h1-35H. The second-order valence-corrected chi connectivity index (χ2v) is 16.0. The Morgan fingerprint density at radius 2 is 0.758 bits per heavy atom. The Morgan fingerprint density at radius 3 is 1.52 bits per heavy atom. The van der Waals surface area contributed by atoms with Crippen molar-refractivity contribution in [3.8, 4) is 33.4 Å². The van der Waals surface area contributed by atoms with Gasteiger partial charge in [0.15, 0.2) is 0 Å². The summed E-state index contributed by atoms with van der Waals surface area (Å²) < 4.78 is 18.9. The molecule has 0 atom stereocenters. The fourth-order valence-corrected chi connectivity index (χ4v) is 9.43. The van der Waals surface area contributed by atoms with Gasteiger partial charge in [0.1, 0.15) is 33.5 Å². The van der Waals surface area contributed by atoms with E-state index in [1.807, 2.05) is 24.3 Å². The molecule has 0 aliphatic heterocycles. The highest BCUT2D eigenvalue weighted by Gasteiger charge is 2.20. The smallest absolute Gasteiger partial charge is 0.143 e. The first-order chi connectivity index (χ1) is 30.7. The number of furan rings is 3. The first-order valence-electron chi connectivity index (χ1n) is 21.0. The van der Waals surface area contributed by atoms with Crippen molar-refractivity contribution < 1.29 is 13.3 Å².